The normalized spacial score (nSPS) is 10.8. The van der Waals surface area contributed by atoms with E-state index in [1.54, 1.807) is 37.4 Å². The molecule has 7 heteroatoms. The molecule has 2 amide bonds. The van der Waals surface area contributed by atoms with Gasteiger partial charge >= 0.3 is 0 Å². The third kappa shape index (κ3) is 5.28. The molecule has 0 unspecified atom stereocenters. The monoisotopic (exact) mass is 420 g/mol. The van der Waals surface area contributed by atoms with Crippen LogP contribution in [0.25, 0.3) is 17.0 Å². The summed E-state index contributed by atoms with van der Waals surface area (Å²) >= 11 is 5.83. The highest BCUT2D eigenvalue weighted by molar-refractivity contribution is 6.30. The predicted octanol–water partition coefficient (Wildman–Crippen LogP) is 4.32. The van der Waals surface area contributed by atoms with Gasteiger partial charge in [0.25, 0.3) is 0 Å². The lowest BCUT2D eigenvalue weighted by Gasteiger charge is -2.14. The van der Waals surface area contributed by atoms with Crippen LogP contribution >= 0.6 is 11.6 Å². The Kier molecular flexibility index (Phi) is 6.89. The second kappa shape index (κ2) is 9.77. The van der Waals surface area contributed by atoms with E-state index in [1.165, 1.54) is 11.0 Å². The summed E-state index contributed by atoms with van der Waals surface area (Å²) in [4.78, 5) is 26.0. The highest BCUT2D eigenvalue weighted by Crippen LogP contribution is 2.23. The van der Waals surface area contributed by atoms with Crippen LogP contribution in [0.4, 0.5) is 5.69 Å². The Morgan fingerprint density at radius 1 is 1.20 bits per heavy atom. The predicted molar refractivity (Wildman–Crippen MR) is 119 cm³/mol. The van der Waals surface area contributed by atoms with E-state index in [9.17, 15) is 9.59 Å². The Morgan fingerprint density at radius 3 is 2.67 bits per heavy atom. The number of likely N-dealkylation sites (N-methyl/N-ethyl adjacent to an activating group) is 1. The molecule has 0 saturated carbocycles. The quantitative estimate of drug-likeness (QED) is 0.578. The van der Waals surface area contributed by atoms with Gasteiger partial charge in [0.1, 0.15) is 0 Å². The number of hydrogen-bond donors (Lipinski definition) is 1. The molecule has 0 saturated heterocycles. The summed E-state index contributed by atoms with van der Waals surface area (Å²) in [5, 5.41) is 13.2. The van der Waals surface area contributed by atoms with Crippen LogP contribution in [0.1, 0.15) is 12.0 Å². The van der Waals surface area contributed by atoms with Gasteiger partial charge in [-0.1, -0.05) is 29.8 Å². The molecule has 3 rings (SSSR count). The van der Waals surface area contributed by atoms with E-state index >= 15 is 0 Å². The first-order chi connectivity index (χ1) is 14.5. The maximum atomic E-state index is 12.5. The van der Waals surface area contributed by atoms with Crippen molar-refractivity contribution in [2.75, 3.05) is 18.9 Å². The number of fused-ring (bicyclic) bond motifs is 1. The zero-order chi connectivity index (χ0) is 21.5. The molecule has 0 fully saturated rings. The number of rotatable bonds is 7. The van der Waals surface area contributed by atoms with Crippen LogP contribution in [-0.4, -0.2) is 34.9 Å². The van der Waals surface area contributed by atoms with Crippen molar-refractivity contribution in [2.24, 2.45) is 0 Å². The van der Waals surface area contributed by atoms with E-state index in [4.69, 9.17) is 16.9 Å². The lowest BCUT2D eigenvalue weighted by molar-refractivity contribution is -0.129. The molecule has 152 valence electrons. The topological polar surface area (TPSA) is 78.1 Å². The van der Waals surface area contributed by atoms with Gasteiger partial charge < -0.3 is 14.8 Å². The Balaban J connectivity index is 1.65. The van der Waals surface area contributed by atoms with Crippen LogP contribution < -0.4 is 5.32 Å². The average Bonchev–Trinajstić information content (AvgIpc) is 3.10. The molecular formula is C23H21ClN4O2. The molecule has 0 aliphatic rings. The van der Waals surface area contributed by atoms with Crippen LogP contribution in [0.3, 0.4) is 0 Å². The van der Waals surface area contributed by atoms with Gasteiger partial charge in [0.15, 0.2) is 0 Å². The molecule has 0 radical (unpaired) electrons. The standard InChI is InChI=1S/C23H21ClN4O2/c1-27(16-22(29)26-19-10-8-18(24)9-11-19)23(30)12-7-17-15-28(14-4-13-25)21-6-3-2-5-20(17)21/h2-3,5-12,15H,4,14,16H2,1H3,(H,26,29)/b12-7+. The van der Waals surface area contributed by atoms with E-state index in [-0.39, 0.29) is 18.4 Å². The Hall–Kier alpha value is -3.56. The number of hydrogen-bond acceptors (Lipinski definition) is 3. The second-order valence-electron chi connectivity index (χ2n) is 6.79. The summed E-state index contributed by atoms with van der Waals surface area (Å²) in [5.74, 6) is -0.579. The van der Waals surface area contributed by atoms with Crippen molar-refractivity contribution < 1.29 is 9.59 Å². The highest BCUT2D eigenvalue weighted by atomic mass is 35.5. The SMILES string of the molecule is CN(CC(=O)Nc1ccc(Cl)cc1)C(=O)/C=C/c1cn(CCC#N)c2ccccc12. The average molecular weight is 421 g/mol. The summed E-state index contributed by atoms with van der Waals surface area (Å²) in [6.45, 7) is 0.513. The number of carbonyl (C=O) groups is 2. The molecule has 2 aromatic carbocycles. The highest BCUT2D eigenvalue weighted by Gasteiger charge is 2.12. The fraction of sp³-hybridized carbons (Fsp3) is 0.174. The Morgan fingerprint density at radius 2 is 1.93 bits per heavy atom. The van der Waals surface area contributed by atoms with Gasteiger partial charge in [-0.15, -0.1) is 0 Å². The van der Waals surface area contributed by atoms with Gasteiger partial charge in [-0.05, 0) is 36.4 Å². The van der Waals surface area contributed by atoms with Gasteiger partial charge in [-0.2, -0.15) is 5.26 Å². The van der Waals surface area contributed by atoms with Crippen molar-refractivity contribution in [1.82, 2.24) is 9.47 Å². The van der Waals surface area contributed by atoms with Crippen LogP contribution in [0.2, 0.25) is 5.02 Å². The fourth-order valence-corrected chi connectivity index (χ4v) is 3.20. The van der Waals surface area contributed by atoms with Gasteiger partial charge in [0.05, 0.1) is 19.0 Å². The van der Waals surface area contributed by atoms with E-state index in [0.717, 1.165) is 16.5 Å². The zero-order valence-corrected chi connectivity index (χ0v) is 17.3. The number of benzene rings is 2. The number of amides is 2. The molecule has 1 aromatic heterocycles. The second-order valence-corrected chi connectivity index (χ2v) is 7.22. The van der Waals surface area contributed by atoms with Crippen LogP contribution in [0.5, 0.6) is 0 Å². The molecular weight excluding hydrogens is 400 g/mol. The maximum Gasteiger partial charge on any atom is 0.246 e. The van der Waals surface area contributed by atoms with Crippen molar-refractivity contribution in [3.05, 3.63) is 71.4 Å². The largest absolute Gasteiger partial charge is 0.346 e. The number of carbonyl (C=O) groups excluding carboxylic acids is 2. The van der Waals surface area contributed by atoms with Crippen LogP contribution in [0.15, 0.2) is 60.8 Å². The van der Waals surface area contributed by atoms with Crippen molar-refractivity contribution in [2.45, 2.75) is 13.0 Å². The molecule has 1 N–H and O–H groups in total. The Labute approximate surface area is 180 Å². The molecule has 0 aliphatic carbocycles. The van der Waals surface area contributed by atoms with Crippen molar-refractivity contribution in [1.29, 1.82) is 5.26 Å². The number of halogens is 1. The van der Waals surface area contributed by atoms with E-state index < -0.39 is 0 Å². The minimum Gasteiger partial charge on any atom is -0.346 e. The van der Waals surface area contributed by atoms with Gasteiger partial charge in [0.2, 0.25) is 11.8 Å². The molecule has 6 nitrogen and oxygen atoms in total. The lowest BCUT2D eigenvalue weighted by Crippen LogP contribution is -2.33. The third-order valence-corrected chi connectivity index (χ3v) is 4.83. The number of aryl methyl sites for hydroxylation is 1. The van der Waals surface area contributed by atoms with Crippen LogP contribution in [0, 0.1) is 11.3 Å². The maximum absolute atomic E-state index is 12.5. The summed E-state index contributed by atoms with van der Waals surface area (Å²) in [7, 11) is 1.57. The lowest BCUT2D eigenvalue weighted by atomic mass is 10.1. The smallest absolute Gasteiger partial charge is 0.246 e. The first kappa shape index (κ1) is 21.2. The summed E-state index contributed by atoms with van der Waals surface area (Å²) in [5.41, 5.74) is 2.51. The number of nitrogens with one attached hydrogen (secondary N) is 1. The molecule has 0 atom stereocenters. The van der Waals surface area contributed by atoms with Crippen molar-refractivity contribution in [3.63, 3.8) is 0 Å². The van der Waals surface area contributed by atoms with Crippen LogP contribution in [-0.2, 0) is 16.1 Å². The number of nitriles is 1. The van der Waals surface area contributed by atoms with E-state index in [2.05, 4.69) is 11.4 Å². The molecule has 0 spiro atoms. The summed E-state index contributed by atoms with van der Waals surface area (Å²) in [6.07, 6.45) is 5.53. The van der Waals surface area contributed by atoms with Gasteiger partial charge in [0, 0.05) is 53.0 Å². The molecule has 3 aromatic rings. The number of anilines is 1. The first-order valence-corrected chi connectivity index (χ1v) is 9.79. The first-order valence-electron chi connectivity index (χ1n) is 9.41. The fourth-order valence-electron chi connectivity index (χ4n) is 3.08. The minimum atomic E-state index is -0.297. The molecule has 0 aliphatic heterocycles. The molecule has 30 heavy (non-hydrogen) atoms. The number of aromatic nitrogens is 1. The zero-order valence-electron chi connectivity index (χ0n) is 16.5. The minimum absolute atomic E-state index is 0.0737. The molecule has 0 bridgehead atoms. The van der Waals surface area contributed by atoms with Crippen molar-refractivity contribution in [3.8, 4) is 6.07 Å². The number of para-hydroxylation sites is 1. The summed E-state index contributed by atoms with van der Waals surface area (Å²) < 4.78 is 2.01. The van der Waals surface area contributed by atoms with Gasteiger partial charge in [-0.3, -0.25) is 9.59 Å². The summed E-state index contributed by atoms with van der Waals surface area (Å²) in [6, 6.07) is 16.7. The van der Waals surface area contributed by atoms with E-state index in [0.29, 0.717) is 23.7 Å². The van der Waals surface area contributed by atoms with Gasteiger partial charge in [-0.25, -0.2) is 0 Å². The molecule has 1 heterocycles. The van der Waals surface area contributed by atoms with E-state index in [1.807, 2.05) is 35.0 Å². The van der Waals surface area contributed by atoms with Crippen molar-refractivity contribution >= 4 is 46.1 Å². The number of nitrogens with zero attached hydrogens (tertiary/aromatic N) is 3. The third-order valence-electron chi connectivity index (χ3n) is 4.57. The Bertz CT molecular complexity index is 1130.